The Morgan fingerprint density at radius 3 is 2.63 bits per heavy atom. The summed E-state index contributed by atoms with van der Waals surface area (Å²) in [5.74, 6) is 0.766. The number of nitrogens with one attached hydrogen (secondary N) is 2. The lowest BCUT2D eigenvalue weighted by atomic mass is 9.74. The second kappa shape index (κ2) is 17.3. The van der Waals surface area contributed by atoms with Crippen molar-refractivity contribution in [1.29, 1.82) is 0 Å². The molecule has 1 unspecified atom stereocenters. The maximum atomic E-state index is 12.9. The van der Waals surface area contributed by atoms with E-state index in [4.69, 9.17) is 10.5 Å². The molecule has 0 saturated heterocycles. The van der Waals surface area contributed by atoms with Crippen molar-refractivity contribution in [2.45, 2.75) is 90.1 Å². The lowest BCUT2D eigenvalue weighted by Gasteiger charge is -2.32. The van der Waals surface area contributed by atoms with Crippen molar-refractivity contribution in [3.63, 3.8) is 0 Å². The maximum Gasteiger partial charge on any atom is 0.163 e. The van der Waals surface area contributed by atoms with Crippen molar-refractivity contribution in [3.05, 3.63) is 88.7 Å². The molecule has 7 heteroatoms. The molecule has 1 saturated carbocycles. The van der Waals surface area contributed by atoms with E-state index in [0.29, 0.717) is 29.9 Å². The zero-order valence-electron chi connectivity index (χ0n) is 27.9. The van der Waals surface area contributed by atoms with Crippen LogP contribution in [0.2, 0.25) is 0 Å². The molecule has 4 rings (SSSR count). The van der Waals surface area contributed by atoms with E-state index >= 15 is 0 Å². The Hall–Kier alpha value is -3.68. The predicted octanol–water partition coefficient (Wildman–Crippen LogP) is 6.79. The molecule has 2 aromatic rings. The van der Waals surface area contributed by atoms with E-state index in [1.165, 1.54) is 50.9 Å². The Morgan fingerprint density at radius 2 is 1.91 bits per heavy atom. The molecule has 1 heterocycles. The number of carbonyl (C=O) groups is 2. The molecule has 1 aliphatic carbocycles. The lowest BCUT2D eigenvalue weighted by molar-refractivity contribution is -0.124. The molecule has 0 spiro atoms. The number of phenols is 1. The van der Waals surface area contributed by atoms with E-state index in [2.05, 4.69) is 29.7 Å². The summed E-state index contributed by atoms with van der Waals surface area (Å²) in [5, 5.41) is 17.1. The van der Waals surface area contributed by atoms with Crippen molar-refractivity contribution in [2.24, 2.45) is 17.1 Å². The summed E-state index contributed by atoms with van der Waals surface area (Å²) in [5.41, 5.74) is 11.6. The summed E-state index contributed by atoms with van der Waals surface area (Å²) in [6.07, 6.45) is 17.7. The highest BCUT2D eigenvalue weighted by Crippen LogP contribution is 2.47. The fourth-order valence-corrected chi connectivity index (χ4v) is 7.32. The summed E-state index contributed by atoms with van der Waals surface area (Å²) in [6.45, 7) is 3.33. The van der Waals surface area contributed by atoms with E-state index in [1.54, 1.807) is 18.2 Å². The SMILES string of the molecule is CNC[C@H](C)CC1(CCCC(=O)CC(=O)/C=C/c2cc(OC)c(O)cc2CC2=CNC(N)C=C2CCc2ccccc2)CCCC1. The number of phenolic OH excluding ortho intramolecular Hbond substituents is 1. The molecule has 0 radical (unpaired) electrons. The largest absolute Gasteiger partial charge is 0.504 e. The third kappa shape index (κ3) is 10.4. The van der Waals surface area contributed by atoms with Gasteiger partial charge >= 0.3 is 0 Å². The van der Waals surface area contributed by atoms with Crippen LogP contribution in [0.15, 0.2) is 72.0 Å². The van der Waals surface area contributed by atoms with Gasteiger partial charge in [0.05, 0.1) is 19.7 Å². The first-order valence-corrected chi connectivity index (χ1v) is 16.9. The molecular formula is C39H53N3O4. The van der Waals surface area contributed by atoms with Gasteiger partial charge in [0.25, 0.3) is 0 Å². The maximum absolute atomic E-state index is 12.9. The van der Waals surface area contributed by atoms with E-state index < -0.39 is 0 Å². The second-order valence-electron chi connectivity index (χ2n) is 13.4. The first kappa shape index (κ1) is 35.2. The number of allylic oxidation sites excluding steroid dienone is 3. The highest BCUT2D eigenvalue weighted by atomic mass is 16.5. The summed E-state index contributed by atoms with van der Waals surface area (Å²) < 4.78 is 5.38. The van der Waals surface area contributed by atoms with Gasteiger partial charge in [-0.15, -0.1) is 0 Å². The third-order valence-electron chi connectivity index (χ3n) is 9.57. The molecular weight excluding hydrogens is 574 g/mol. The summed E-state index contributed by atoms with van der Waals surface area (Å²) in [6, 6.07) is 13.8. The Labute approximate surface area is 275 Å². The van der Waals surface area contributed by atoms with Crippen LogP contribution in [0.4, 0.5) is 0 Å². The summed E-state index contributed by atoms with van der Waals surface area (Å²) in [4.78, 5) is 25.7. The number of aryl methyl sites for hydroxylation is 1. The van der Waals surface area contributed by atoms with Crippen molar-refractivity contribution >= 4 is 17.6 Å². The van der Waals surface area contributed by atoms with Gasteiger partial charge in [-0.2, -0.15) is 0 Å². The van der Waals surface area contributed by atoms with Crippen LogP contribution in [0.5, 0.6) is 11.5 Å². The van der Waals surface area contributed by atoms with Crippen LogP contribution in [0.25, 0.3) is 6.08 Å². The van der Waals surface area contributed by atoms with Crippen molar-refractivity contribution in [3.8, 4) is 11.5 Å². The van der Waals surface area contributed by atoms with Crippen LogP contribution < -0.4 is 21.1 Å². The molecule has 46 heavy (non-hydrogen) atoms. The molecule has 0 aromatic heterocycles. The number of ether oxygens (including phenoxy) is 1. The monoisotopic (exact) mass is 627 g/mol. The Morgan fingerprint density at radius 1 is 1.15 bits per heavy atom. The fraction of sp³-hybridized carbons (Fsp3) is 0.487. The van der Waals surface area contributed by atoms with Crippen LogP contribution in [0.1, 0.15) is 87.8 Å². The number of ketones is 2. The smallest absolute Gasteiger partial charge is 0.163 e. The molecule has 5 N–H and O–H groups in total. The van der Waals surface area contributed by atoms with Crippen LogP contribution in [0.3, 0.4) is 0 Å². The summed E-state index contributed by atoms with van der Waals surface area (Å²) >= 11 is 0. The highest BCUT2D eigenvalue weighted by Gasteiger charge is 2.34. The number of hydrogen-bond acceptors (Lipinski definition) is 7. The van der Waals surface area contributed by atoms with E-state index in [0.717, 1.165) is 54.5 Å². The van der Waals surface area contributed by atoms with Gasteiger partial charge in [-0.1, -0.05) is 56.2 Å². The number of benzene rings is 2. The number of methoxy groups -OCH3 is 1. The number of dihydropyridines is 1. The Kier molecular flexibility index (Phi) is 13.2. The molecule has 248 valence electrons. The minimum absolute atomic E-state index is 0.00227. The van der Waals surface area contributed by atoms with Gasteiger partial charge in [0.2, 0.25) is 0 Å². The average Bonchev–Trinajstić information content (AvgIpc) is 3.49. The molecule has 1 aliphatic heterocycles. The number of hydrogen-bond donors (Lipinski definition) is 4. The van der Waals surface area contributed by atoms with E-state index in [-0.39, 0.29) is 29.9 Å². The standard InChI is InChI=1S/C39H53N3O4/c1-28(26-41-2)25-39(17-7-8-18-39)19-9-12-34(43)24-35(44)16-15-30-22-37(46-3)36(45)21-32(30)20-33-27-42-38(40)23-31(33)14-13-29-10-5-4-6-11-29/h4-6,10-11,15-16,21-23,27-28,38,41-42,45H,7-9,12-14,17-20,24-26,40H2,1-3H3/b16-15+/t28-,38?/m1/s1. The number of Topliss-reactive ketones (excluding diaryl/α,β-unsaturated/α-hetero) is 1. The zero-order chi connectivity index (χ0) is 32.9. The fourth-order valence-electron chi connectivity index (χ4n) is 7.32. The average molecular weight is 628 g/mol. The third-order valence-corrected chi connectivity index (χ3v) is 9.57. The number of aromatic hydroxyl groups is 1. The summed E-state index contributed by atoms with van der Waals surface area (Å²) in [7, 11) is 3.51. The van der Waals surface area contributed by atoms with Gasteiger partial charge < -0.3 is 26.2 Å². The molecule has 2 aromatic carbocycles. The van der Waals surface area contributed by atoms with Crippen molar-refractivity contribution in [2.75, 3.05) is 20.7 Å². The lowest BCUT2D eigenvalue weighted by Crippen LogP contribution is -2.35. The minimum atomic E-state index is -0.265. The van der Waals surface area contributed by atoms with E-state index in [9.17, 15) is 14.7 Å². The van der Waals surface area contributed by atoms with Crippen LogP contribution >= 0.6 is 0 Å². The Balaban J connectivity index is 1.38. The van der Waals surface area contributed by atoms with Gasteiger partial charge in [0.1, 0.15) is 5.78 Å². The predicted molar refractivity (Wildman–Crippen MR) is 187 cm³/mol. The first-order chi connectivity index (χ1) is 22.2. The van der Waals surface area contributed by atoms with Crippen LogP contribution in [-0.2, 0) is 22.4 Å². The molecule has 2 aliphatic rings. The molecule has 1 fully saturated rings. The molecule has 0 amide bonds. The topological polar surface area (TPSA) is 114 Å². The molecule has 2 atom stereocenters. The van der Waals surface area contributed by atoms with Gasteiger partial charge in [-0.05, 0) is 128 Å². The van der Waals surface area contributed by atoms with Gasteiger partial charge in [-0.25, -0.2) is 0 Å². The van der Waals surface area contributed by atoms with Crippen molar-refractivity contribution in [1.82, 2.24) is 10.6 Å². The minimum Gasteiger partial charge on any atom is -0.504 e. The first-order valence-electron chi connectivity index (χ1n) is 16.9. The highest BCUT2D eigenvalue weighted by molar-refractivity contribution is 6.06. The van der Waals surface area contributed by atoms with Gasteiger partial charge in [-0.3, -0.25) is 9.59 Å². The second-order valence-corrected chi connectivity index (χ2v) is 13.4. The number of carbonyl (C=O) groups excluding carboxylic acids is 2. The quantitative estimate of drug-likeness (QED) is 0.106. The zero-order valence-corrected chi connectivity index (χ0v) is 27.9. The van der Waals surface area contributed by atoms with Gasteiger partial charge in [0, 0.05) is 12.6 Å². The molecule has 0 bridgehead atoms. The number of nitrogens with two attached hydrogens (primary N) is 1. The molecule has 7 nitrogen and oxygen atoms in total. The van der Waals surface area contributed by atoms with E-state index in [1.807, 2.05) is 37.5 Å². The van der Waals surface area contributed by atoms with Crippen molar-refractivity contribution < 1.29 is 19.4 Å². The normalized spacial score (nSPS) is 18.1. The van der Waals surface area contributed by atoms with Gasteiger partial charge in [0.15, 0.2) is 17.3 Å². The Bertz CT molecular complexity index is 1410. The number of rotatable bonds is 18. The van der Waals surface area contributed by atoms with Crippen LogP contribution in [-0.4, -0.2) is 43.5 Å². The van der Waals surface area contributed by atoms with Crippen LogP contribution in [0, 0.1) is 11.3 Å².